The molecule has 0 fully saturated rings. The second kappa shape index (κ2) is 8.66. The van der Waals surface area contributed by atoms with Crippen molar-refractivity contribution < 1.29 is 27.5 Å². The summed E-state index contributed by atoms with van der Waals surface area (Å²) in [5.74, 6) is -0.0229. The molecule has 0 spiro atoms. The minimum Gasteiger partial charge on any atom is -0.475 e. The van der Waals surface area contributed by atoms with E-state index >= 15 is 0 Å². The van der Waals surface area contributed by atoms with Crippen LogP contribution in [0.15, 0.2) is 4.91 Å². The average molecular weight is 443 g/mol. The van der Waals surface area contributed by atoms with Crippen LogP contribution < -0.4 is 10.1 Å². The molecule has 2 heterocycles. The van der Waals surface area contributed by atoms with Crippen molar-refractivity contribution in [3.63, 3.8) is 0 Å². The van der Waals surface area contributed by atoms with E-state index in [0.717, 1.165) is 11.2 Å². The van der Waals surface area contributed by atoms with E-state index in [1.165, 1.54) is 17.8 Å². The normalized spacial score (nSPS) is 18.8. The Morgan fingerprint density at radius 2 is 2.03 bits per heavy atom. The first kappa shape index (κ1) is 23.7. The highest BCUT2D eigenvalue weighted by Gasteiger charge is 2.27. The van der Waals surface area contributed by atoms with Crippen molar-refractivity contribution >= 4 is 27.9 Å². The lowest BCUT2D eigenvalue weighted by atomic mass is 10.1. The lowest BCUT2D eigenvalue weighted by molar-refractivity contribution is -0.122. The van der Waals surface area contributed by atoms with Gasteiger partial charge in [0.2, 0.25) is 11.8 Å². The minimum atomic E-state index is -3.51. The number of likely N-dealkylation sites (N-methyl/N-ethyl adjacent to an activating group) is 1. The molecule has 1 N–H and O–H groups in total. The molecule has 1 aliphatic rings. The Morgan fingerprint density at radius 3 is 2.60 bits per heavy atom. The summed E-state index contributed by atoms with van der Waals surface area (Å²) in [5.41, 5.74) is 0.575. The largest absolute Gasteiger partial charge is 0.475 e. The summed E-state index contributed by atoms with van der Waals surface area (Å²) in [6.45, 7) is 6.79. The van der Waals surface area contributed by atoms with Crippen molar-refractivity contribution in [2.75, 3.05) is 26.5 Å². The quantitative estimate of drug-likeness (QED) is 0.745. The highest BCUT2D eigenvalue weighted by atomic mass is 32.2. The molecular weight excluding hydrogens is 412 g/mol. The highest BCUT2D eigenvalue weighted by molar-refractivity contribution is 7.94. The summed E-state index contributed by atoms with van der Waals surface area (Å²) in [4.78, 5) is 25.8. The van der Waals surface area contributed by atoms with Crippen LogP contribution >= 0.6 is 0 Å². The summed E-state index contributed by atoms with van der Waals surface area (Å²) < 4.78 is 37.2. The van der Waals surface area contributed by atoms with Crippen molar-refractivity contribution in [2.45, 2.75) is 45.8 Å². The number of carbonyl (C=O) groups excluding carboxylic acids is 2. The molecule has 1 atom stereocenters. The first-order valence-corrected chi connectivity index (χ1v) is 11.4. The van der Waals surface area contributed by atoms with Gasteiger partial charge in [0.1, 0.15) is 18.8 Å². The molecule has 11 heteroatoms. The van der Waals surface area contributed by atoms with Crippen LogP contribution in [-0.4, -0.2) is 73.2 Å². The third-order valence-corrected chi connectivity index (χ3v) is 5.55. The first-order valence-electron chi connectivity index (χ1n) is 9.48. The number of aryl methyl sites for hydroxylation is 2. The number of hydrogen-bond acceptors (Lipinski definition) is 7. The maximum atomic E-state index is 12.5. The van der Waals surface area contributed by atoms with Gasteiger partial charge in [0.15, 0.2) is 9.84 Å². The lowest BCUT2D eigenvalue weighted by Crippen LogP contribution is -2.46. The summed E-state index contributed by atoms with van der Waals surface area (Å²) in [6, 6.07) is -0.603. The third-order valence-electron chi connectivity index (χ3n) is 4.32. The van der Waals surface area contributed by atoms with Gasteiger partial charge in [-0.25, -0.2) is 17.9 Å². The standard InChI is InChI=1S/C19H30N4O6S/c1-12-15-9-14(30(7,26)27)8-13(11-28-17(15)23(6)21-12)20-16(24)10-22(5)18(25)29-19(2,3)4/h9,13H,8,10-11H2,1-7H3,(H,20,24)/b14-9+. The minimum absolute atomic E-state index is 0.0563. The number of nitrogens with one attached hydrogen (secondary N) is 1. The molecule has 1 aromatic rings. The Labute approximate surface area is 177 Å². The van der Waals surface area contributed by atoms with Gasteiger partial charge >= 0.3 is 6.09 Å². The van der Waals surface area contributed by atoms with Gasteiger partial charge in [-0.05, 0) is 33.8 Å². The smallest absolute Gasteiger partial charge is 0.410 e. The molecule has 2 amide bonds. The molecule has 30 heavy (non-hydrogen) atoms. The molecule has 168 valence electrons. The van der Waals surface area contributed by atoms with Gasteiger partial charge in [-0.2, -0.15) is 5.10 Å². The van der Waals surface area contributed by atoms with E-state index in [4.69, 9.17) is 9.47 Å². The van der Waals surface area contributed by atoms with Gasteiger partial charge in [0.05, 0.1) is 17.3 Å². The number of nitrogens with zero attached hydrogens (tertiary/aromatic N) is 3. The highest BCUT2D eigenvalue weighted by Crippen LogP contribution is 2.29. The van der Waals surface area contributed by atoms with E-state index in [9.17, 15) is 18.0 Å². The lowest BCUT2D eigenvalue weighted by Gasteiger charge is -2.26. The van der Waals surface area contributed by atoms with Crippen LogP contribution in [0.5, 0.6) is 5.88 Å². The van der Waals surface area contributed by atoms with Gasteiger partial charge < -0.3 is 19.7 Å². The molecule has 2 rings (SSSR count). The van der Waals surface area contributed by atoms with Gasteiger partial charge in [-0.1, -0.05) is 0 Å². The summed E-state index contributed by atoms with van der Waals surface area (Å²) in [5, 5.41) is 7.02. The fourth-order valence-electron chi connectivity index (χ4n) is 2.94. The first-order chi connectivity index (χ1) is 13.7. The maximum Gasteiger partial charge on any atom is 0.410 e. The van der Waals surface area contributed by atoms with Crippen LogP contribution in [0, 0.1) is 6.92 Å². The van der Waals surface area contributed by atoms with Crippen LogP contribution in [0.1, 0.15) is 38.4 Å². The van der Waals surface area contributed by atoms with E-state index in [-0.39, 0.29) is 24.5 Å². The molecule has 0 saturated heterocycles. The van der Waals surface area contributed by atoms with Crippen LogP contribution in [0.3, 0.4) is 0 Å². The van der Waals surface area contributed by atoms with E-state index < -0.39 is 33.5 Å². The molecule has 0 aliphatic carbocycles. The van der Waals surface area contributed by atoms with E-state index in [0.29, 0.717) is 17.1 Å². The van der Waals surface area contributed by atoms with E-state index in [1.807, 2.05) is 0 Å². The Kier molecular flexibility index (Phi) is 6.85. The molecule has 0 radical (unpaired) electrons. The average Bonchev–Trinajstić information content (AvgIpc) is 2.79. The monoisotopic (exact) mass is 442 g/mol. The van der Waals surface area contributed by atoms with E-state index in [1.54, 1.807) is 34.7 Å². The molecule has 1 unspecified atom stereocenters. The summed E-state index contributed by atoms with van der Waals surface area (Å²) >= 11 is 0. The zero-order valence-electron chi connectivity index (χ0n) is 18.5. The fourth-order valence-corrected chi connectivity index (χ4v) is 3.77. The number of hydrogen-bond donors (Lipinski definition) is 1. The van der Waals surface area contributed by atoms with Gasteiger partial charge in [0.25, 0.3) is 0 Å². The predicted octanol–water partition coefficient (Wildman–Crippen LogP) is 1.25. The van der Waals surface area contributed by atoms with Crippen LogP contribution in [0.25, 0.3) is 6.08 Å². The van der Waals surface area contributed by atoms with Crippen molar-refractivity contribution in [1.29, 1.82) is 0 Å². The van der Waals surface area contributed by atoms with Crippen molar-refractivity contribution in [3.8, 4) is 5.88 Å². The van der Waals surface area contributed by atoms with Crippen molar-refractivity contribution in [3.05, 3.63) is 16.2 Å². The van der Waals surface area contributed by atoms with Gasteiger partial charge in [-0.3, -0.25) is 4.79 Å². The Balaban J connectivity index is 2.15. The third kappa shape index (κ3) is 6.22. The Bertz CT molecular complexity index is 958. The summed E-state index contributed by atoms with van der Waals surface area (Å²) in [7, 11) is -0.356. The Morgan fingerprint density at radius 1 is 1.40 bits per heavy atom. The second-order valence-corrected chi connectivity index (χ2v) is 10.5. The molecule has 1 aromatic heterocycles. The number of sulfone groups is 1. The molecule has 0 aromatic carbocycles. The van der Waals surface area contributed by atoms with Crippen LogP contribution in [0.2, 0.25) is 0 Å². The van der Waals surface area contributed by atoms with Crippen molar-refractivity contribution in [1.82, 2.24) is 20.0 Å². The molecule has 0 bridgehead atoms. The Hall–Kier alpha value is -2.56. The number of ether oxygens (including phenoxy) is 2. The topological polar surface area (TPSA) is 120 Å². The zero-order chi connectivity index (χ0) is 22.9. The summed E-state index contributed by atoms with van der Waals surface area (Å²) in [6.07, 6.45) is 2.10. The number of rotatable bonds is 4. The van der Waals surface area contributed by atoms with Crippen molar-refractivity contribution in [2.24, 2.45) is 7.05 Å². The number of aromatic nitrogens is 2. The molecule has 1 aliphatic heterocycles. The van der Waals surface area contributed by atoms with Crippen LogP contribution in [-0.2, 0) is 26.4 Å². The predicted molar refractivity (Wildman–Crippen MR) is 112 cm³/mol. The molecular formula is C19H30N4O6S. The zero-order valence-corrected chi connectivity index (χ0v) is 19.3. The number of amides is 2. The number of fused-ring (bicyclic) bond motifs is 1. The molecule has 0 saturated carbocycles. The fraction of sp³-hybridized carbons (Fsp3) is 0.632. The van der Waals surface area contributed by atoms with Gasteiger partial charge in [-0.15, -0.1) is 0 Å². The molecule has 10 nitrogen and oxygen atoms in total. The second-order valence-electron chi connectivity index (χ2n) is 8.43. The van der Waals surface area contributed by atoms with Gasteiger partial charge in [0, 0.05) is 31.7 Å². The SMILES string of the molecule is Cc1nn(C)c2c1/C=C(/S(C)(=O)=O)CC(NC(=O)CN(C)C(=O)OC(C)(C)C)CO2. The van der Waals surface area contributed by atoms with Crippen LogP contribution in [0.4, 0.5) is 4.79 Å². The maximum absolute atomic E-state index is 12.5. The van der Waals surface area contributed by atoms with E-state index in [2.05, 4.69) is 10.4 Å². The number of carbonyl (C=O) groups is 2.